The van der Waals surface area contributed by atoms with Crippen LogP contribution in [0.25, 0.3) is 0 Å². The summed E-state index contributed by atoms with van der Waals surface area (Å²) in [4.78, 5) is 16.6. The third-order valence-electron chi connectivity index (χ3n) is 4.91. The Morgan fingerprint density at radius 1 is 1.11 bits per heavy atom. The zero-order valence-electron chi connectivity index (χ0n) is 16.6. The Morgan fingerprint density at radius 3 is 2.14 bits per heavy atom. The molecule has 2 atom stereocenters. The Labute approximate surface area is 180 Å². The number of carbonyl (C=O) groups excluding carboxylic acids is 1. The lowest BCUT2D eigenvalue weighted by Gasteiger charge is -2.36. The van der Waals surface area contributed by atoms with Crippen molar-refractivity contribution >= 4 is 40.7 Å². The summed E-state index contributed by atoms with van der Waals surface area (Å²) < 4.78 is 27.2. The van der Waals surface area contributed by atoms with Crippen LogP contribution in [-0.2, 0) is 14.8 Å². The minimum Gasteiger partial charge on any atom is -0.340 e. The van der Waals surface area contributed by atoms with Gasteiger partial charge in [0.05, 0.1) is 10.8 Å². The quantitative estimate of drug-likeness (QED) is 0.645. The highest BCUT2D eigenvalue weighted by Crippen LogP contribution is 2.11. The highest BCUT2D eigenvalue weighted by atomic mass is 35.5. The van der Waals surface area contributed by atoms with E-state index in [1.807, 2.05) is 25.7 Å². The van der Waals surface area contributed by atoms with Crippen molar-refractivity contribution in [2.75, 3.05) is 39.3 Å². The maximum atomic E-state index is 12.3. The van der Waals surface area contributed by atoms with Crippen LogP contribution in [0.4, 0.5) is 0 Å². The lowest BCUT2D eigenvalue weighted by Crippen LogP contribution is -2.52. The van der Waals surface area contributed by atoms with E-state index in [1.165, 1.54) is 0 Å². The van der Waals surface area contributed by atoms with E-state index in [-0.39, 0.29) is 47.6 Å². The van der Waals surface area contributed by atoms with Gasteiger partial charge in [-0.15, -0.1) is 24.8 Å². The molecule has 0 aliphatic carbocycles. The van der Waals surface area contributed by atoms with Crippen LogP contribution in [0.5, 0.6) is 0 Å². The molecule has 28 heavy (non-hydrogen) atoms. The molecule has 1 fully saturated rings. The van der Waals surface area contributed by atoms with Gasteiger partial charge in [-0.2, -0.15) is 0 Å². The topological polar surface area (TPSA) is 95.7 Å². The van der Waals surface area contributed by atoms with E-state index < -0.39 is 10.0 Å². The monoisotopic (exact) mass is 454 g/mol. The number of halogens is 2. The molecule has 0 aromatic heterocycles. The molecule has 0 saturated carbocycles. The van der Waals surface area contributed by atoms with E-state index >= 15 is 0 Å². The van der Waals surface area contributed by atoms with Crippen LogP contribution in [0.3, 0.4) is 0 Å². The molecule has 1 aliphatic rings. The summed E-state index contributed by atoms with van der Waals surface area (Å²) in [6.07, 6.45) is 0. The Hall–Kier alpha value is -0.900. The number of benzene rings is 1. The van der Waals surface area contributed by atoms with Gasteiger partial charge in [-0.25, -0.2) is 13.1 Å². The largest absolute Gasteiger partial charge is 0.340 e. The van der Waals surface area contributed by atoms with E-state index in [9.17, 15) is 13.2 Å². The fraction of sp³-hybridized carbons (Fsp3) is 0.611. The number of nitrogens with one attached hydrogen (secondary N) is 1. The summed E-state index contributed by atoms with van der Waals surface area (Å²) in [5.41, 5.74) is 6.83. The van der Waals surface area contributed by atoms with E-state index in [2.05, 4.69) is 9.62 Å². The van der Waals surface area contributed by atoms with Crippen LogP contribution in [0.15, 0.2) is 29.2 Å². The van der Waals surface area contributed by atoms with Gasteiger partial charge in [0.1, 0.15) is 0 Å². The third kappa shape index (κ3) is 7.50. The normalized spacial score (nSPS) is 17.2. The van der Waals surface area contributed by atoms with Crippen LogP contribution in [-0.4, -0.2) is 69.4 Å². The van der Waals surface area contributed by atoms with Gasteiger partial charge < -0.3 is 10.6 Å². The average Bonchev–Trinajstić information content (AvgIpc) is 2.61. The van der Waals surface area contributed by atoms with Crippen LogP contribution in [0, 0.1) is 12.8 Å². The fourth-order valence-electron chi connectivity index (χ4n) is 2.84. The molecular formula is C18H32Cl2N4O3S. The highest BCUT2D eigenvalue weighted by molar-refractivity contribution is 7.89. The minimum atomic E-state index is -3.48. The van der Waals surface area contributed by atoms with Crippen LogP contribution in [0.1, 0.15) is 19.4 Å². The number of piperazine rings is 1. The molecule has 2 rings (SSSR count). The maximum Gasteiger partial charge on any atom is 0.240 e. The van der Waals surface area contributed by atoms with Gasteiger partial charge in [-0.1, -0.05) is 24.6 Å². The molecule has 3 N–H and O–H groups in total. The van der Waals surface area contributed by atoms with Crippen molar-refractivity contribution in [3.05, 3.63) is 29.8 Å². The summed E-state index contributed by atoms with van der Waals surface area (Å²) >= 11 is 0. The van der Waals surface area contributed by atoms with Gasteiger partial charge in [0.25, 0.3) is 0 Å². The lowest BCUT2D eigenvalue weighted by atomic mass is 10.0. The van der Waals surface area contributed by atoms with Crippen LogP contribution >= 0.6 is 24.8 Å². The predicted octanol–water partition coefficient (Wildman–Crippen LogP) is 1.24. The summed E-state index contributed by atoms with van der Waals surface area (Å²) in [5, 5.41) is 0. The molecule has 7 nitrogen and oxygen atoms in total. The van der Waals surface area contributed by atoms with Crippen molar-refractivity contribution in [2.45, 2.75) is 31.7 Å². The molecule has 1 saturated heterocycles. The van der Waals surface area contributed by atoms with Gasteiger partial charge in [0.15, 0.2) is 0 Å². The lowest BCUT2D eigenvalue weighted by molar-refractivity contribution is -0.137. The molecular weight excluding hydrogens is 423 g/mol. The predicted molar refractivity (Wildman–Crippen MR) is 117 cm³/mol. The standard InChI is InChI=1S/C18H30N4O3S.2ClH/c1-14-4-6-17(7-5-14)26(24,25)20-8-9-21-10-12-22(13-11-21)18(23)15(2)16(3)19;;/h4-7,15-16,20H,8-13,19H2,1-3H3;2*1H. The van der Waals surface area contributed by atoms with Gasteiger partial charge in [0, 0.05) is 45.3 Å². The summed E-state index contributed by atoms with van der Waals surface area (Å²) in [7, 11) is -3.48. The molecule has 1 aromatic carbocycles. The van der Waals surface area contributed by atoms with E-state index in [1.54, 1.807) is 24.3 Å². The van der Waals surface area contributed by atoms with Gasteiger partial charge in [-0.3, -0.25) is 9.69 Å². The Bertz CT molecular complexity index is 706. The van der Waals surface area contributed by atoms with Crippen molar-refractivity contribution in [3.63, 3.8) is 0 Å². The summed E-state index contributed by atoms with van der Waals surface area (Å²) in [5.74, 6) is -0.0809. The number of hydrogen-bond donors (Lipinski definition) is 2. The van der Waals surface area contributed by atoms with Crippen molar-refractivity contribution in [2.24, 2.45) is 11.7 Å². The third-order valence-corrected chi connectivity index (χ3v) is 6.39. The first-order valence-electron chi connectivity index (χ1n) is 9.04. The van der Waals surface area contributed by atoms with Crippen LogP contribution in [0.2, 0.25) is 0 Å². The molecule has 10 heteroatoms. The first-order chi connectivity index (χ1) is 12.2. The van der Waals surface area contributed by atoms with Crippen molar-refractivity contribution in [3.8, 4) is 0 Å². The Kier molecular flexibility index (Phi) is 11.6. The number of aryl methyl sites for hydroxylation is 1. The Morgan fingerprint density at radius 2 is 1.64 bits per heavy atom. The van der Waals surface area contributed by atoms with Crippen molar-refractivity contribution in [1.82, 2.24) is 14.5 Å². The maximum absolute atomic E-state index is 12.3. The first kappa shape index (κ1) is 27.1. The smallest absolute Gasteiger partial charge is 0.240 e. The number of nitrogens with two attached hydrogens (primary N) is 1. The highest BCUT2D eigenvalue weighted by Gasteiger charge is 2.26. The number of carbonyl (C=O) groups is 1. The molecule has 1 amide bonds. The molecule has 2 unspecified atom stereocenters. The molecule has 162 valence electrons. The second kappa shape index (κ2) is 11.9. The van der Waals surface area contributed by atoms with E-state index in [0.29, 0.717) is 26.2 Å². The van der Waals surface area contributed by atoms with E-state index in [0.717, 1.165) is 18.7 Å². The zero-order chi connectivity index (χ0) is 19.3. The number of amides is 1. The number of nitrogens with zero attached hydrogens (tertiary/aromatic N) is 2. The van der Waals surface area contributed by atoms with E-state index in [4.69, 9.17) is 5.73 Å². The number of hydrogen-bond acceptors (Lipinski definition) is 5. The van der Waals surface area contributed by atoms with Crippen LogP contribution < -0.4 is 10.5 Å². The van der Waals surface area contributed by atoms with Gasteiger partial charge >= 0.3 is 0 Å². The summed E-state index contributed by atoms with van der Waals surface area (Å²) in [6, 6.07) is 6.64. The molecule has 1 aromatic rings. The van der Waals surface area contributed by atoms with Gasteiger partial charge in [0.2, 0.25) is 15.9 Å². The average molecular weight is 455 g/mol. The second-order valence-corrected chi connectivity index (χ2v) is 8.79. The second-order valence-electron chi connectivity index (χ2n) is 7.03. The minimum absolute atomic E-state index is 0. The number of rotatable bonds is 7. The molecule has 1 aliphatic heterocycles. The molecule has 0 spiro atoms. The van der Waals surface area contributed by atoms with Crippen molar-refractivity contribution in [1.29, 1.82) is 0 Å². The molecule has 0 bridgehead atoms. The Balaban J connectivity index is 0.00000364. The fourth-order valence-corrected chi connectivity index (χ4v) is 3.86. The molecule has 0 radical (unpaired) electrons. The molecule has 1 heterocycles. The summed E-state index contributed by atoms with van der Waals surface area (Å²) in [6.45, 7) is 9.38. The first-order valence-corrected chi connectivity index (χ1v) is 10.5. The van der Waals surface area contributed by atoms with Crippen molar-refractivity contribution < 1.29 is 13.2 Å². The van der Waals surface area contributed by atoms with Gasteiger partial charge in [-0.05, 0) is 26.0 Å². The zero-order valence-corrected chi connectivity index (χ0v) is 19.1. The SMILES string of the molecule is Cc1ccc(S(=O)(=O)NCCN2CCN(C(=O)C(C)C(C)N)CC2)cc1.Cl.Cl. The number of sulfonamides is 1.